The van der Waals surface area contributed by atoms with Crippen LogP contribution in [0, 0.1) is 0 Å². The molecule has 24 heavy (non-hydrogen) atoms. The smallest absolute Gasteiger partial charge is 0.353 e. The van der Waals surface area contributed by atoms with Crippen molar-refractivity contribution in [1.82, 2.24) is 10.2 Å². The quantitative estimate of drug-likeness (QED) is 0.492. The van der Waals surface area contributed by atoms with Gasteiger partial charge in [-0.05, 0) is 18.4 Å². The van der Waals surface area contributed by atoms with E-state index >= 15 is 0 Å². The summed E-state index contributed by atoms with van der Waals surface area (Å²) in [5, 5.41) is 11.5. The fraction of sp³-hybridized carbons (Fsp3) is 0.400. The fourth-order valence-corrected chi connectivity index (χ4v) is 4.42. The van der Waals surface area contributed by atoms with Gasteiger partial charge in [-0.25, -0.2) is 4.79 Å². The Kier molecular flexibility index (Phi) is 4.71. The number of carboxylic acids is 1. The van der Waals surface area contributed by atoms with Crippen LogP contribution in [0.5, 0.6) is 0 Å². The van der Waals surface area contributed by atoms with Crippen LogP contribution in [-0.2, 0) is 14.4 Å². The zero-order chi connectivity index (χ0) is 17.4. The molecule has 0 aromatic carbocycles. The molecule has 2 amide bonds. The summed E-state index contributed by atoms with van der Waals surface area (Å²) in [5.74, 6) is -1.89. The van der Waals surface area contributed by atoms with E-state index in [1.165, 1.54) is 11.8 Å². The van der Waals surface area contributed by atoms with Crippen molar-refractivity contribution < 1.29 is 19.5 Å². The maximum Gasteiger partial charge on any atom is 0.353 e. The largest absolute Gasteiger partial charge is 0.477 e. The van der Waals surface area contributed by atoms with Crippen LogP contribution in [0.15, 0.2) is 34.5 Å². The Morgan fingerprint density at radius 3 is 2.83 bits per heavy atom. The van der Waals surface area contributed by atoms with Crippen molar-refractivity contribution in [3.8, 4) is 0 Å². The first-order valence-electron chi connectivity index (χ1n) is 7.38. The summed E-state index contributed by atoms with van der Waals surface area (Å²) in [6, 6.07) is -1.60. The zero-order valence-electron chi connectivity index (χ0n) is 12.6. The second-order valence-electron chi connectivity index (χ2n) is 5.62. The topological polar surface area (TPSA) is 113 Å². The molecular weight excluding hydrogens is 354 g/mol. The number of carbonyl (C=O) groups excluding carboxylic acids is 2. The monoisotopic (exact) mass is 369 g/mol. The molecular formula is C15H16ClN3O4S. The highest BCUT2D eigenvalue weighted by Crippen LogP contribution is 2.41. The number of carboxylic acid groups (broad SMARTS) is 1. The van der Waals surface area contributed by atoms with Crippen molar-refractivity contribution >= 4 is 41.1 Å². The van der Waals surface area contributed by atoms with E-state index in [2.05, 4.69) is 5.32 Å². The van der Waals surface area contributed by atoms with Gasteiger partial charge >= 0.3 is 5.97 Å². The number of nitrogens with one attached hydrogen (secondary N) is 1. The molecule has 3 aliphatic rings. The zero-order valence-corrected chi connectivity index (χ0v) is 14.1. The Morgan fingerprint density at radius 2 is 2.21 bits per heavy atom. The number of rotatable bonds is 4. The minimum atomic E-state index is -1.25. The number of β-lactam (4-membered cyclic amide) rings is 1. The molecule has 7 nitrogen and oxygen atoms in total. The lowest BCUT2D eigenvalue weighted by Gasteiger charge is -2.49. The number of nitrogens with two attached hydrogens (primary N) is 1. The van der Waals surface area contributed by atoms with Crippen LogP contribution in [0.1, 0.15) is 12.8 Å². The van der Waals surface area contributed by atoms with E-state index in [-0.39, 0.29) is 16.5 Å². The Hall–Kier alpha value is -1.77. The van der Waals surface area contributed by atoms with Gasteiger partial charge in [0.15, 0.2) is 0 Å². The van der Waals surface area contributed by atoms with Gasteiger partial charge in [0.1, 0.15) is 23.2 Å². The maximum absolute atomic E-state index is 12.3. The lowest BCUT2D eigenvalue weighted by Crippen LogP contribution is -2.71. The predicted octanol–water partition coefficient (Wildman–Crippen LogP) is 0.525. The van der Waals surface area contributed by atoms with E-state index in [0.717, 1.165) is 16.9 Å². The van der Waals surface area contributed by atoms with Crippen LogP contribution in [0.25, 0.3) is 0 Å². The number of halogens is 1. The predicted molar refractivity (Wildman–Crippen MR) is 90.0 cm³/mol. The van der Waals surface area contributed by atoms with Crippen LogP contribution in [-0.4, -0.2) is 51.0 Å². The number of nitrogens with zero attached hydrogens (tertiary/aromatic N) is 1. The van der Waals surface area contributed by atoms with Gasteiger partial charge in [0.2, 0.25) is 5.91 Å². The Labute approximate surface area is 147 Å². The molecule has 0 aromatic rings. The molecule has 1 unspecified atom stereocenters. The minimum Gasteiger partial charge on any atom is -0.477 e. The van der Waals surface area contributed by atoms with E-state index in [0.29, 0.717) is 6.42 Å². The van der Waals surface area contributed by atoms with Crippen molar-refractivity contribution in [3.05, 3.63) is 34.5 Å². The van der Waals surface area contributed by atoms with Crippen molar-refractivity contribution in [2.24, 2.45) is 5.73 Å². The Morgan fingerprint density at radius 1 is 1.46 bits per heavy atom. The third-order valence-electron chi connectivity index (χ3n) is 4.14. The number of allylic oxidation sites excluding steroid dienone is 3. The Bertz CT molecular complexity index is 703. The summed E-state index contributed by atoms with van der Waals surface area (Å²) in [6.07, 6.45) is 7.18. The molecule has 9 heteroatoms. The first-order valence-corrected chi connectivity index (χ1v) is 8.81. The first kappa shape index (κ1) is 17.1. The SMILES string of the molecule is NC(C(=O)N[C@@H]1C(=O)N2C(C(=O)O)=C(Cl)CS[C@@H]12)C1=CCC=CC1. The van der Waals surface area contributed by atoms with Gasteiger partial charge < -0.3 is 16.2 Å². The van der Waals surface area contributed by atoms with E-state index in [9.17, 15) is 19.5 Å². The highest BCUT2D eigenvalue weighted by atomic mass is 35.5. The van der Waals surface area contributed by atoms with E-state index < -0.39 is 35.2 Å². The average Bonchev–Trinajstić information content (AvgIpc) is 2.59. The maximum atomic E-state index is 12.3. The van der Waals surface area contributed by atoms with E-state index in [1.54, 1.807) is 0 Å². The van der Waals surface area contributed by atoms with Crippen molar-refractivity contribution in [2.75, 3.05) is 5.75 Å². The van der Waals surface area contributed by atoms with Gasteiger partial charge in [0, 0.05) is 5.75 Å². The molecule has 1 aliphatic carbocycles. The van der Waals surface area contributed by atoms with Gasteiger partial charge in [-0.1, -0.05) is 29.8 Å². The molecule has 128 valence electrons. The van der Waals surface area contributed by atoms with Gasteiger partial charge in [0.05, 0.1) is 5.03 Å². The molecule has 0 bridgehead atoms. The number of thioether (sulfide) groups is 1. The second kappa shape index (κ2) is 6.62. The van der Waals surface area contributed by atoms with E-state index in [4.69, 9.17) is 17.3 Å². The van der Waals surface area contributed by atoms with Crippen LogP contribution >= 0.6 is 23.4 Å². The number of amides is 2. The molecule has 2 aliphatic heterocycles. The fourth-order valence-electron chi connectivity index (χ4n) is 2.87. The van der Waals surface area contributed by atoms with Crippen molar-refractivity contribution in [1.29, 1.82) is 0 Å². The molecule has 0 saturated carbocycles. The molecule has 0 radical (unpaired) electrons. The summed E-state index contributed by atoms with van der Waals surface area (Å²) in [4.78, 5) is 37.0. The summed E-state index contributed by atoms with van der Waals surface area (Å²) in [5.41, 5.74) is 6.56. The molecule has 1 saturated heterocycles. The van der Waals surface area contributed by atoms with Crippen LogP contribution in [0.4, 0.5) is 0 Å². The lowest BCUT2D eigenvalue weighted by atomic mass is 9.97. The Balaban J connectivity index is 1.68. The molecule has 4 N–H and O–H groups in total. The van der Waals surface area contributed by atoms with Crippen LogP contribution in [0.2, 0.25) is 0 Å². The highest BCUT2D eigenvalue weighted by Gasteiger charge is 2.54. The van der Waals surface area contributed by atoms with Gasteiger partial charge in [0.25, 0.3) is 5.91 Å². The second-order valence-corrected chi connectivity index (χ2v) is 7.18. The number of hydrogen-bond acceptors (Lipinski definition) is 5. The number of aliphatic carboxylic acids is 1. The lowest BCUT2D eigenvalue weighted by molar-refractivity contribution is -0.150. The van der Waals surface area contributed by atoms with Crippen LogP contribution < -0.4 is 11.1 Å². The molecule has 0 aromatic heterocycles. The average molecular weight is 370 g/mol. The third-order valence-corrected chi connectivity index (χ3v) is 5.89. The van der Waals surface area contributed by atoms with Crippen molar-refractivity contribution in [2.45, 2.75) is 30.3 Å². The number of hydrogen-bond donors (Lipinski definition) is 3. The molecule has 3 rings (SSSR count). The first-order chi connectivity index (χ1) is 11.4. The van der Waals surface area contributed by atoms with Gasteiger partial charge in [-0.15, -0.1) is 11.8 Å². The summed E-state index contributed by atoms with van der Waals surface area (Å²) in [7, 11) is 0. The molecule has 0 spiro atoms. The molecule has 3 atom stereocenters. The molecule has 1 fully saturated rings. The van der Waals surface area contributed by atoms with Crippen molar-refractivity contribution in [3.63, 3.8) is 0 Å². The molecule has 2 heterocycles. The normalized spacial score (nSPS) is 27.2. The van der Waals surface area contributed by atoms with Gasteiger partial charge in [-0.2, -0.15) is 0 Å². The van der Waals surface area contributed by atoms with E-state index in [1.807, 2.05) is 18.2 Å². The minimum absolute atomic E-state index is 0.123. The number of fused-ring (bicyclic) bond motifs is 1. The standard InChI is InChI=1S/C15H16ClN3O4S/c16-8-6-24-14-10(13(21)19(14)11(8)15(22)23)18-12(20)9(17)7-4-2-1-3-5-7/h1-2,5,9-10,14H,3-4,6,17H2,(H,18,20)(H,22,23)/t9?,10-,14+/m1/s1. The summed E-state index contributed by atoms with van der Waals surface area (Å²) < 4.78 is 0. The van der Waals surface area contributed by atoms with Gasteiger partial charge in [-0.3, -0.25) is 14.5 Å². The summed E-state index contributed by atoms with van der Waals surface area (Å²) in [6.45, 7) is 0. The number of carbonyl (C=O) groups is 3. The summed E-state index contributed by atoms with van der Waals surface area (Å²) >= 11 is 7.22. The highest BCUT2D eigenvalue weighted by molar-refractivity contribution is 8.00. The van der Waals surface area contributed by atoms with Crippen LogP contribution in [0.3, 0.4) is 0 Å². The third kappa shape index (κ3) is 2.85.